The molecule has 0 amide bonds. The number of carbonyl (C=O) groups is 1. The number of aromatic carboxylic acids is 1. The molecule has 0 fully saturated rings. The minimum absolute atomic E-state index is 0.120. The summed E-state index contributed by atoms with van der Waals surface area (Å²) in [4.78, 5) is 10.9. The van der Waals surface area contributed by atoms with Crippen LogP contribution in [-0.4, -0.2) is 25.3 Å². The van der Waals surface area contributed by atoms with E-state index in [2.05, 4.69) is 15.9 Å². The Bertz CT molecular complexity index is 666. The molecule has 1 aromatic heterocycles. The van der Waals surface area contributed by atoms with E-state index in [0.717, 1.165) is 4.47 Å². The number of carboxylic acid groups (broad SMARTS) is 1. The molecule has 0 radical (unpaired) electrons. The molecule has 0 saturated heterocycles. The second-order valence-corrected chi connectivity index (χ2v) is 5.34. The lowest BCUT2D eigenvalue weighted by atomic mass is 10.2. The van der Waals surface area contributed by atoms with E-state index in [9.17, 15) is 4.79 Å². The lowest BCUT2D eigenvalue weighted by Crippen LogP contribution is -2.00. The third-order valence-corrected chi connectivity index (χ3v) is 3.49. The maximum absolute atomic E-state index is 10.9. The molecule has 7 heteroatoms. The number of aryl methyl sites for hydroxylation is 1. The SMILES string of the molecule is COc1cc(Br)cc(OC)c1OCc1cc(C(=O)O)oc1C. The molecule has 2 rings (SSSR count). The van der Waals surface area contributed by atoms with Crippen molar-refractivity contribution in [2.24, 2.45) is 0 Å². The van der Waals surface area contributed by atoms with Crippen molar-refractivity contribution in [1.29, 1.82) is 0 Å². The zero-order valence-corrected chi connectivity index (χ0v) is 13.9. The quantitative estimate of drug-likeness (QED) is 0.835. The zero-order chi connectivity index (χ0) is 16.3. The highest BCUT2D eigenvalue weighted by atomic mass is 79.9. The summed E-state index contributed by atoms with van der Waals surface area (Å²) in [7, 11) is 3.05. The van der Waals surface area contributed by atoms with Crippen molar-refractivity contribution in [3.8, 4) is 17.2 Å². The zero-order valence-electron chi connectivity index (χ0n) is 12.3. The van der Waals surface area contributed by atoms with Gasteiger partial charge in [0.1, 0.15) is 12.4 Å². The van der Waals surface area contributed by atoms with Crippen molar-refractivity contribution in [3.05, 3.63) is 39.8 Å². The van der Waals surface area contributed by atoms with Crippen LogP contribution in [0.1, 0.15) is 21.9 Å². The lowest BCUT2D eigenvalue weighted by molar-refractivity contribution is 0.0661. The Kier molecular flexibility index (Phi) is 4.97. The first-order valence-corrected chi connectivity index (χ1v) is 7.12. The van der Waals surface area contributed by atoms with Gasteiger partial charge in [-0.2, -0.15) is 0 Å². The van der Waals surface area contributed by atoms with Crippen LogP contribution in [0.15, 0.2) is 27.1 Å². The number of ether oxygens (including phenoxy) is 3. The van der Waals surface area contributed by atoms with Gasteiger partial charge in [0.25, 0.3) is 0 Å². The van der Waals surface area contributed by atoms with Crippen LogP contribution in [0.25, 0.3) is 0 Å². The Morgan fingerprint density at radius 2 is 1.82 bits per heavy atom. The molecule has 22 heavy (non-hydrogen) atoms. The molecule has 0 spiro atoms. The molecule has 2 aromatic rings. The highest BCUT2D eigenvalue weighted by Crippen LogP contribution is 2.40. The van der Waals surface area contributed by atoms with Gasteiger partial charge in [0, 0.05) is 10.0 Å². The number of hydrogen-bond donors (Lipinski definition) is 1. The van der Waals surface area contributed by atoms with Crippen molar-refractivity contribution < 1.29 is 28.5 Å². The summed E-state index contributed by atoms with van der Waals surface area (Å²) >= 11 is 3.36. The smallest absolute Gasteiger partial charge is 0.371 e. The van der Waals surface area contributed by atoms with E-state index in [1.807, 2.05) is 0 Å². The minimum Gasteiger partial charge on any atom is -0.493 e. The summed E-state index contributed by atoms with van der Waals surface area (Å²) < 4.78 is 22.2. The molecule has 118 valence electrons. The van der Waals surface area contributed by atoms with Gasteiger partial charge in [0.15, 0.2) is 11.5 Å². The number of hydrogen-bond acceptors (Lipinski definition) is 5. The summed E-state index contributed by atoms with van der Waals surface area (Å²) in [6, 6.07) is 4.95. The average Bonchev–Trinajstić information content (AvgIpc) is 2.86. The Labute approximate surface area is 135 Å². The summed E-state index contributed by atoms with van der Waals surface area (Å²) in [6.07, 6.45) is 0. The number of furan rings is 1. The molecule has 0 aliphatic carbocycles. The van der Waals surface area contributed by atoms with E-state index >= 15 is 0 Å². The predicted octanol–water partition coefficient (Wildman–Crippen LogP) is 3.64. The van der Waals surface area contributed by atoms with Gasteiger partial charge in [0.05, 0.1) is 14.2 Å². The Hall–Kier alpha value is -2.15. The molecule has 0 bridgehead atoms. The number of halogens is 1. The van der Waals surface area contributed by atoms with Crippen LogP contribution in [0.4, 0.5) is 0 Å². The number of benzene rings is 1. The number of rotatable bonds is 6. The van der Waals surface area contributed by atoms with E-state index in [1.54, 1.807) is 19.1 Å². The van der Waals surface area contributed by atoms with Gasteiger partial charge in [-0.1, -0.05) is 15.9 Å². The van der Waals surface area contributed by atoms with Crippen LogP contribution in [0, 0.1) is 6.92 Å². The molecule has 6 nitrogen and oxygen atoms in total. The molecule has 0 atom stereocenters. The Balaban J connectivity index is 2.26. The molecular formula is C15H15BrO6. The molecule has 0 aliphatic heterocycles. The normalized spacial score (nSPS) is 10.4. The van der Waals surface area contributed by atoms with E-state index in [4.69, 9.17) is 23.7 Å². The first kappa shape index (κ1) is 16.2. The Morgan fingerprint density at radius 3 is 2.27 bits per heavy atom. The standard InChI is InChI=1S/C15H15BrO6/c1-8-9(4-13(22-8)15(17)18)7-21-14-11(19-2)5-10(16)6-12(14)20-3/h4-6H,7H2,1-3H3,(H,17,18). The summed E-state index contributed by atoms with van der Waals surface area (Å²) in [6.45, 7) is 1.82. The van der Waals surface area contributed by atoms with Crippen LogP contribution in [0.5, 0.6) is 17.2 Å². The van der Waals surface area contributed by atoms with Crippen molar-refractivity contribution in [1.82, 2.24) is 0 Å². The number of methoxy groups -OCH3 is 2. The van der Waals surface area contributed by atoms with Gasteiger partial charge >= 0.3 is 5.97 Å². The largest absolute Gasteiger partial charge is 0.493 e. The van der Waals surface area contributed by atoms with Crippen LogP contribution < -0.4 is 14.2 Å². The average molecular weight is 371 g/mol. The van der Waals surface area contributed by atoms with Crippen molar-refractivity contribution in [3.63, 3.8) is 0 Å². The van der Waals surface area contributed by atoms with E-state index in [1.165, 1.54) is 20.3 Å². The van der Waals surface area contributed by atoms with Crippen LogP contribution in [0.2, 0.25) is 0 Å². The number of carboxylic acids is 1. The highest BCUT2D eigenvalue weighted by Gasteiger charge is 2.17. The van der Waals surface area contributed by atoms with Crippen molar-refractivity contribution in [2.75, 3.05) is 14.2 Å². The fraction of sp³-hybridized carbons (Fsp3) is 0.267. The summed E-state index contributed by atoms with van der Waals surface area (Å²) in [5.74, 6) is 0.703. The van der Waals surface area contributed by atoms with Crippen molar-refractivity contribution >= 4 is 21.9 Å². The van der Waals surface area contributed by atoms with E-state index < -0.39 is 5.97 Å². The van der Waals surface area contributed by atoms with E-state index in [-0.39, 0.29) is 12.4 Å². The van der Waals surface area contributed by atoms with Gasteiger partial charge in [-0.25, -0.2) is 4.79 Å². The van der Waals surface area contributed by atoms with Gasteiger partial charge in [-0.15, -0.1) is 0 Å². The molecule has 0 aliphatic rings. The van der Waals surface area contributed by atoms with E-state index in [0.29, 0.717) is 28.6 Å². The topological polar surface area (TPSA) is 78.1 Å². The third-order valence-electron chi connectivity index (χ3n) is 3.03. The fourth-order valence-electron chi connectivity index (χ4n) is 1.91. The lowest BCUT2D eigenvalue weighted by Gasteiger charge is -2.14. The molecule has 0 unspecified atom stereocenters. The first-order valence-electron chi connectivity index (χ1n) is 6.33. The maximum Gasteiger partial charge on any atom is 0.371 e. The Morgan fingerprint density at radius 1 is 1.23 bits per heavy atom. The van der Waals surface area contributed by atoms with Crippen molar-refractivity contribution in [2.45, 2.75) is 13.5 Å². The highest BCUT2D eigenvalue weighted by molar-refractivity contribution is 9.10. The molecule has 1 N–H and O–H groups in total. The fourth-order valence-corrected chi connectivity index (χ4v) is 2.32. The molecule has 1 aromatic carbocycles. The van der Waals surface area contributed by atoms with Crippen LogP contribution in [-0.2, 0) is 6.61 Å². The van der Waals surface area contributed by atoms with Crippen LogP contribution >= 0.6 is 15.9 Å². The molecular weight excluding hydrogens is 356 g/mol. The summed E-state index contributed by atoms with van der Waals surface area (Å²) in [5.41, 5.74) is 0.643. The molecule has 0 saturated carbocycles. The predicted molar refractivity (Wildman–Crippen MR) is 82.0 cm³/mol. The van der Waals surface area contributed by atoms with Gasteiger partial charge in [-0.3, -0.25) is 0 Å². The van der Waals surface area contributed by atoms with Gasteiger partial charge in [-0.05, 0) is 25.1 Å². The van der Waals surface area contributed by atoms with Gasteiger partial charge < -0.3 is 23.7 Å². The second kappa shape index (κ2) is 6.74. The maximum atomic E-state index is 10.9. The monoisotopic (exact) mass is 370 g/mol. The minimum atomic E-state index is -1.12. The van der Waals surface area contributed by atoms with Crippen LogP contribution in [0.3, 0.4) is 0 Å². The first-order chi connectivity index (χ1) is 10.5. The molecule has 1 heterocycles. The second-order valence-electron chi connectivity index (χ2n) is 4.43. The van der Waals surface area contributed by atoms with Gasteiger partial charge in [0.2, 0.25) is 11.5 Å². The third kappa shape index (κ3) is 3.36. The summed E-state index contributed by atoms with van der Waals surface area (Å²) in [5, 5.41) is 8.92.